The number of nitrogens with zero attached hydrogens (tertiary/aromatic N) is 1. The molecule has 2 rings (SSSR count). The first kappa shape index (κ1) is 15.7. The van der Waals surface area contributed by atoms with Crippen LogP contribution in [0.4, 0.5) is 5.69 Å². The quantitative estimate of drug-likeness (QED) is 0.731. The van der Waals surface area contributed by atoms with Crippen LogP contribution in [0.1, 0.15) is 13.8 Å². The van der Waals surface area contributed by atoms with Gasteiger partial charge in [0.2, 0.25) is 0 Å². The highest BCUT2D eigenvalue weighted by Gasteiger charge is 2.42. The average Bonchev–Trinajstić information content (AvgIpc) is 2.57. The Balaban J connectivity index is 0.00000180. The van der Waals surface area contributed by atoms with Crippen LogP contribution in [0.3, 0.4) is 0 Å². The molecule has 104 valence electrons. The molecule has 0 fully saturated rings. The fourth-order valence-electron chi connectivity index (χ4n) is 1.71. The number of carboxylic acid groups (broad SMARTS) is 1. The van der Waals surface area contributed by atoms with Crippen molar-refractivity contribution < 1.29 is 15.0 Å². The van der Waals surface area contributed by atoms with Crippen LogP contribution in [0.2, 0.25) is 0 Å². The fourth-order valence-corrected chi connectivity index (χ4v) is 2.79. The van der Waals surface area contributed by atoms with Crippen molar-refractivity contribution in [2.75, 3.05) is 5.32 Å². The Morgan fingerprint density at radius 1 is 1.42 bits per heavy atom. The van der Waals surface area contributed by atoms with E-state index in [2.05, 4.69) is 10.3 Å². The first-order valence-corrected chi connectivity index (χ1v) is 6.26. The van der Waals surface area contributed by atoms with Crippen molar-refractivity contribution in [2.45, 2.75) is 24.6 Å². The molecule has 0 aromatic heterocycles. The second-order valence-corrected chi connectivity index (χ2v) is 6.17. The number of halogens is 1. The molecule has 1 heterocycles. The summed E-state index contributed by atoms with van der Waals surface area (Å²) in [5, 5.41) is 22.2. The minimum atomic E-state index is -0.943. The van der Waals surface area contributed by atoms with Crippen LogP contribution in [0, 0.1) is 0 Å². The Labute approximate surface area is 121 Å². The zero-order valence-electron chi connectivity index (χ0n) is 10.5. The Bertz CT molecular complexity index is 519. The Hall–Kier alpha value is -1.40. The van der Waals surface area contributed by atoms with Gasteiger partial charge in [0.1, 0.15) is 5.75 Å². The molecule has 1 aromatic rings. The van der Waals surface area contributed by atoms with Gasteiger partial charge in [0.05, 0.1) is 10.4 Å². The van der Waals surface area contributed by atoms with Crippen LogP contribution in [-0.4, -0.2) is 32.1 Å². The average molecular weight is 303 g/mol. The van der Waals surface area contributed by atoms with Gasteiger partial charge in [-0.1, -0.05) is 23.9 Å². The summed E-state index contributed by atoms with van der Waals surface area (Å²) in [5.74, 6) is -0.834. The highest BCUT2D eigenvalue weighted by Crippen LogP contribution is 2.38. The maximum absolute atomic E-state index is 11.1. The number of rotatable bonds is 2. The van der Waals surface area contributed by atoms with Gasteiger partial charge in [-0.05, 0) is 26.0 Å². The van der Waals surface area contributed by atoms with Crippen molar-refractivity contribution in [3.05, 3.63) is 24.3 Å². The van der Waals surface area contributed by atoms with Crippen molar-refractivity contribution in [3.8, 4) is 5.75 Å². The number of anilines is 1. The molecule has 0 bridgehead atoms. The maximum Gasteiger partial charge on any atom is 0.329 e. The summed E-state index contributed by atoms with van der Waals surface area (Å²) in [7, 11) is 0. The molecule has 0 aliphatic carbocycles. The Morgan fingerprint density at radius 3 is 2.58 bits per heavy atom. The number of aliphatic imine (C=N–C) groups is 1. The summed E-state index contributed by atoms with van der Waals surface area (Å²) in [4.78, 5) is 15.2. The van der Waals surface area contributed by atoms with E-state index in [9.17, 15) is 9.90 Å². The van der Waals surface area contributed by atoms with Gasteiger partial charge < -0.3 is 15.5 Å². The van der Waals surface area contributed by atoms with Gasteiger partial charge in [0, 0.05) is 0 Å². The zero-order valence-corrected chi connectivity index (χ0v) is 12.1. The van der Waals surface area contributed by atoms with E-state index >= 15 is 0 Å². The van der Waals surface area contributed by atoms with Gasteiger partial charge in [0.25, 0.3) is 0 Å². The van der Waals surface area contributed by atoms with Crippen LogP contribution < -0.4 is 5.32 Å². The summed E-state index contributed by atoms with van der Waals surface area (Å²) in [6.45, 7) is 3.67. The highest BCUT2D eigenvalue weighted by atomic mass is 35.5. The number of phenols is 1. The van der Waals surface area contributed by atoms with Crippen LogP contribution in [0.25, 0.3) is 0 Å². The molecule has 0 spiro atoms. The summed E-state index contributed by atoms with van der Waals surface area (Å²) < 4.78 is -0.501. The van der Waals surface area contributed by atoms with Crippen molar-refractivity contribution in [1.29, 1.82) is 0 Å². The van der Waals surface area contributed by atoms with Gasteiger partial charge in [0.15, 0.2) is 11.2 Å². The number of hydrogen-bond donors (Lipinski definition) is 3. The third-order valence-electron chi connectivity index (χ3n) is 2.64. The van der Waals surface area contributed by atoms with E-state index < -0.39 is 16.8 Å². The molecule has 1 atom stereocenters. The van der Waals surface area contributed by atoms with E-state index in [0.717, 1.165) is 0 Å². The lowest BCUT2D eigenvalue weighted by molar-refractivity contribution is -0.138. The number of aliphatic carboxylic acids is 1. The number of benzene rings is 1. The lowest BCUT2D eigenvalue weighted by Crippen LogP contribution is -2.34. The van der Waals surface area contributed by atoms with Crippen LogP contribution in [0.5, 0.6) is 5.75 Å². The number of para-hydroxylation sites is 2. The Morgan fingerprint density at radius 2 is 2.05 bits per heavy atom. The predicted molar refractivity (Wildman–Crippen MR) is 79.5 cm³/mol. The zero-order chi connectivity index (χ0) is 13.3. The van der Waals surface area contributed by atoms with E-state index in [1.807, 2.05) is 13.8 Å². The monoisotopic (exact) mass is 302 g/mol. The van der Waals surface area contributed by atoms with Gasteiger partial charge in [-0.15, -0.1) is 12.4 Å². The second-order valence-electron chi connectivity index (χ2n) is 4.52. The molecule has 7 heteroatoms. The van der Waals surface area contributed by atoms with E-state index in [1.54, 1.807) is 24.3 Å². The number of hydrogen-bond acceptors (Lipinski definition) is 5. The minimum Gasteiger partial charge on any atom is -0.506 e. The van der Waals surface area contributed by atoms with E-state index in [-0.39, 0.29) is 18.2 Å². The number of phenolic OH excluding ortho intramolecular Hbond substituents is 1. The van der Waals surface area contributed by atoms with Crippen molar-refractivity contribution >= 4 is 41.0 Å². The first-order valence-electron chi connectivity index (χ1n) is 5.45. The second kappa shape index (κ2) is 5.71. The third-order valence-corrected chi connectivity index (χ3v) is 3.79. The molecule has 1 aromatic carbocycles. The van der Waals surface area contributed by atoms with Gasteiger partial charge in [-0.25, -0.2) is 9.79 Å². The van der Waals surface area contributed by atoms with E-state index in [4.69, 9.17) is 5.11 Å². The normalized spacial score (nSPS) is 20.3. The van der Waals surface area contributed by atoms with Crippen molar-refractivity contribution in [2.24, 2.45) is 4.99 Å². The Kier molecular flexibility index (Phi) is 4.70. The van der Waals surface area contributed by atoms with Gasteiger partial charge in [-0.3, -0.25) is 0 Å². The van der Waals surface area contributed by atoms with E-state index in [1.165, 1.54) is 11.8 Å². The largest absolute Gasteiger partial charge is 0.506 e. The third kappa shape index (κ3) is 3.33. The standard InChI is InChI=1S/C12H14N2O3S.ClH/c1-12(2)9(10(16)17)14-11(18-12)13-7-5-3-4-6-8(7)15;/h3-6,9,15H,1-2H3,(H,13,14)(H,16,17);1H/t9-;/m1./s1. The number of carboxylic acids is 1. The number of nitrogens with one attached hydrogen (secondary N) is 1. The molecule has 19 heavy (non-hydrogen) atoms. The molecule has 0 saturated carbocycles. The molecule has 0 saturated heterocycles. The van der Waals surface area contributed by atoms with E-state index in [0.29, 0.717) is 10.9 Å². The molecular weight excluding hydrogens is 288 g/mol. The molecule has 3 N–H and O–H groups in total. The number of carbonyl (C=O) groups is 1. The SMILES string of the molecule is CC1(C)SC(Nc2ccccc2O)=N[C@@H]1C(=O)O.Cl. The fraction of sp³-hybridized carbons (Fsp3) is 0.333. The smallest absolute Gasteiger partial charge is 0.329 e. The summed E-state index contributed by atoms with van der Waals surface area (Å²) in [6.07, 6.45) is 0. The lowest BCUT2D eigenvalue weighted by Gasteiger charge is -2.20. The predicted octanol–water partition coefficient (Wildman–Crippen LogP) is 2.56. The number of amidine groups is 1. The van der Waals surface area contributed by atoms with Gasteiger partial charge >= 0.3 is 5.97 Å². The van der Waals surface area contributed by atoms with Gasteiger partial charge in [-0.2, -0.15) is 0 Å². The topological polar surface area (TPSA) is 81.9 Å². The molecule has 0 radical (unpaired) electrons. The number of aromatic hydroxyl groups is 1. The number of thioether (sulfide) groups is 1. The molecule has 0 unspecified atom stereocenters. The summed E-state index contributed by atoms with van der Waals surface area (Å²) in [5.41, 5.74) is 0.519. The minimum absolute atomic E-state index is 0. The van der Waals surface area contributed by atoms with Crippen LogP contribution in [-0.2, 0) is 4.79 Å². The lowest BCUT2D eigenvalue weighted by atomic mass is 10.0. The molecule has 1 aliphatic heterocycles. The van der Waals surface area contributed by atoms with Crippen molar-refractivity contribution in [3.63, 3.8) is 0 Å². The summed E-state index contributed by atoms with van der Waals surface area (Å²) >= 11 is 1.35. The summed E-state index contributed by atoms with van der Waals surface area (Å²) in [6, 6.07) is 5.98. The van der Waals surface area contributed by atoms with Crippen molar-refractivity contribution in [1.82, 2.24) is 0 Å². The first-order chi connectivity index (χ1) is 8.40. The molecule has 5 nitrogen and oxygen atoms in total. The molecule has 0 amide bonds. The highest BCUT2D eigenvalue weighted by molar-refractivity contribution is 8.15. The molecular formula is C12H15ClN2O3S. The maximum atomic E-state index is 11.1. The molecule has 1 aliphatic rings. The van der Waals surface area contributed by atoms with Crippen LogP contribution >= 0.6 is 24.2 Å². The van der Waals surface area contributed by atoms with Crippen LogP contribution in [0.15, 0.2) is 29.3 Å².